The molecule has 2 rings (SSSR count). The van der Waals surface area contributed by atoms with Crippen LogP contribution in [-0.4, -0.2) is 43.0 Å². The van der Waals surface area contributed by atoms with Gasteiger partial charge in [-0.2, -0.15) is 4.31 Å². The average Bonchev–Trinajstić information content (AvgIpc) is 2.60. The molecule has 0 aliphatic rings. The normalized spacial score (nSPS) is 11.5. The van der Waals surface area contributed by atoms with Crippen molar-refractivity contribution < 1.29 is 17.6 Å². The molecule has 0 fully saturated rings. The molecule has 1 aromatic heterocycles. The summed E-state index contributed by atoms with van der Waals surface area (Å²) in [6.07, 6.45) is 3.35. The number of carbonyl (C=O) groups is 1. The van der Waals surface area contributed by atoms with Crippen molar-refractivity contribution in [3.05, 3.63) is 65.7 Å². The number of carbonyl (C=O) groups excluding carboxylic acids is 1. The molecule has 8 heteroatoms. The molecule has 0 unspecified atom stereocenters. The molecule has 0 aliphatic carbocycles. The number of amides is 1. The van der Waals surface area contributed by atoms with Crippen LogP contribution >= 0.6 is 0 Å². The molecule has 140 valence electrons. The molecule has 1 aromatic carbocycles. The number of pyridine rings is 1. The van der Waals surface area contributed by atoms with Crippen LogP contribution in [0.4, 0.5) is 4.39 Å². The van der Waals surface area contributed by atoms with Crippen molar-refractivity contribution in [1.82, 2.24) is 14.6 Å². The molecule has 2 aromatic rings. The maximum atomic E-state index is 12.8. The van der Waals surface area contributed by atoms with Gasteiger partial charge in [0.1, 0.15) is 5.82 Å². The Morgan fingerprint density at radius 2 is 1.92 bits per heavy atom. The Balaban J connectivity index is 1.80. The molecule has 0 saturated carbocycles. The van der Waals surface area contributed by atoms with E-state index >= 15 is 0 Å². The SMILES string of the molecule is CS(=O)(=O)N(CCC(=O)NCCc1ccc(F)cc1)Cc1ccccn1. The van der Waals surface area contributed by atoms with E-state index in [1.165, 1.54) is 16.4 Å². The highest BCUT2D eigenvalue weighted by molar-refractivity contribution is 7.88. The van der Waals surface area contributed by atoms with Crippen LogP contribution in [0.25, 0.3) is 0 Å². The molecule has 0 radical (unpaired) electrons. The van der Waals surface area contributed by atoms with Crippen molar-refractivity contribution >= 4 is 15.9 Å². The van der Waals surface area contributed by atoms with E-state index in [1.807, 2.05) is 0 Å². The van der Waals surface area contributed by atoms with Crippen LogP contribution < -0.4 is 5.32 Å². The van der Waals surface area contributed by atoms with Gasteiger partial charge < -0.3 is 5.32 Å². The molecule has 0 atom stereocenters. The maximum absolute atomic E-state index is 12.8. The molecular formula is C18H22FN3O3S. The third-order valence-electron chi connectivity index (χ3n) is 3.77. The fraction of sp³-hybridized carbons (Fsp3) is 0.333. The minimum atomic E-state index is -3.45. The second kappa shape index (κ2) is 9.40. The van der Waals surface area contributed by atoms with Crippen LogP contribution in [0, 0.1) is 5.82 Å². The average molecular weight is 379 g/mol. The smallest absolute Gasteiger partial charge is 0.221 e. The van der Waals surface area contributed by atoms with Gasteiger partial charge in [0.2, 0.25) is 15.9 Å². The first-order valence-electron chi connectivity index (χ1n) is 8.21. The summed E-state index contributed by atoms with van der Waals surface area (Å²) in [5.74, 6) is -0.534. The molecule has 0 aliphatic heterocycles. The summed E-state index contributed by atoms with van der Waals surface area (Å²) in [5, 5.41) is 2.75. The van der Waals surface area contributed by atoms with E-state index in [0.29, 0.717) is 18.7 Å². The maximum Gasteiger partial charge on any atom is 0.221 e. The number of hydrogen-bond donors (Lipinski definition) is 1. The van der Waals surface area contributed by atoms with Crippen LogP contribution in [0.3, 0.4) is 0 Å². The number of aromatic nitrogens is 1. The van der Waals surface area contributed by atoms with Gasteiger partial charge in [-0.1, -0.05) is 18.2 Å². The van der Waals surface area contributed by atoms with E-state index < -0.39 is 10.0 Å². The first-order valence-corrected chi connectivity index (χ1v) is 10.1. The number of rotatable bonds is 9. The molecule has 26 heavy (non-hydrogen) atoms. The third kappa shape index (κ3) is 6.89. The summed E-state index contributed by atoms with van der Waals surface area (Å²) in [5.41, 5.74) is 1.54. The van der Waals surface area contributed by atoms with E-state index in [4.69, 9.17) is 0 Å². The lowest BCUT2D eigenvalue weighted by atomic mass is 10.1. The van der Waals surface area contributed by atoms with E-state index in [-0.39, 0.29) is 31.2 Å². The number of hydrogen-bond acceptors (Lipinski definition) is 4. The van der Waals surface area contributed by atoms with Crippen molar-refractivity contribution in [1.29, 1.82) is 0 Å². The van der Waals surface area contributed by atoms with Crippen LogP contribution in [0.15, 0.2) is 48.7 Å². The fourth-order valence-corrected chi connectivity index (χ4v) is 3.14. The number of sulfonamides is 1. The zero-order chi connectivity index (χ0) is 19.0. The second-order valence-electron chi connectivity index (χ2n) is 5.89. The number of halogens is 1. The minimum absolute atomic E-state index is 0.0589. The van der Waals surface area contributed by atoms with Gasteiger partial charge in [-0.15, -0.1) is 0 Å². The molecular weight excluding hydrogens is 357 g/mol. The molecule has 0 spiro atoms. The van der Waals surface area contributed by atoms with Crippen LogP contribution in [-0.2, 0) is 27.8 Å². The summed E-state index contributed by atoms with van der Waals surface area (Å²) >= 11 is 0. The third-order valence-corrected chi connectivity index (χ3v) is 5.02. The monoisotopic (exact) mass is 379 g/mol. The minimum Gasteiger partial charge on any atom is -0.356 e. The highest BCUT2D eigenvalue weighted by Gasteiger charge is 2.18. The highest BCUT2D eigenvalue weighted by Crippen LogP contribution is 2.07. The number of nitrogens with one attached hydrogen (secondary N) is 1. The summed E-state index contributed by atoms with van der Waals surface area (Å²) in [7, 11) is -3.45. The second-order valence-corrected chi connectivity index (χ2v) is 7.88. The van der Waals surface area contributed by atoms with Gasteiger partial charge in [-0.3, -0.25) is 9.78 Å². The van der Waals surface area contributed by atoms with Crippen molar-refractivity contribution in [3.63, 3.8) is 0 Å². The van der Waals surface area contributed by atoms with Gasteiger partial charge in [0.15, 0.2) is 0 Å². The molecule has 0 saturated heterocycles. The Morgan fingerprint density at radius 1 is 1.19 bits per heavy atom. The van der Waals surface area contributed by atoms with Crippen LogP contribution in [0.1, 0.15) is 17.7 Å². The summed E-state index contributed by atoms with van der Waals surface area (Å²) in [6.45, 7) is 0.615. The van der Waals surface area contributed by atoms with Gasteiger partial charge in [-0.25, -0.2) is 12.8 Å². The van der Waals surface area contributed by atoms with Crippen LogP contribution in [0.5, 0.6) is 0 Å². The summed E-state index contributed by atoms with van der Waals surface area (Å²) in [6, 6.07) is 11.4. The predicted molar refractivity (Wildman–Crippen MR) is 97.2 cm³/mol. The fourth-order valence-electron chi connectivity index (χ4n) is 2.35. The standard InChI is InChI=1S/C18H22FN3O3S/c1-26(24,25)22(14-17-4-2-3-11-20-17)13-10-18(23)21-12-9-15-5-7-16(19)8-6-15/h2-8,11H,9-10,12-14H2,1H3,(H,21,23). The van der Waals surface area contributed by atoms with Gasteiger partial charge in [0, 0.05) is 25.7 Å². The Labute approximate surface area is 153 Å². The zero-order valence-electron chi connectivity index (χ0n) is 14.6. The van der Waals surface area contributed by atoms with Crippen molar-refractivity contribution in [2.24, 2.45) is 0 Å². The summed E-state index contributed by atoms with van der Waals surface area (Å²) in [4.78, 5) is 16.1. The Morgan fingerprint density at radius 3 is 2.54 bits per heavy atom. The first-order chi connectivity index (χ1) is 12.3. The van der Waals surface area contributed by atoms with E-state index in [9.17, 15) is 17.6 Å². The Bertz CT molecular complexity index is 811. The highest BCUT2D eigenvalue weighted by atomic mass is 32.2. The predicted octanol–water partition coefficient (Wildman–Crippen LogP) is 1.73. The van der Waals surface area contributed by atoms with Gasteiger partial charge in [0.05, 0.1) is 18.5 Å². The number of nitrogens with zero attached hydrogens (tertiary/aromatic N) is 2. The first kappa shape index (κ1) is 20.0. The quantitative estimate of drug-likeness (QED) is 0.720. The van der Waals surface area contributed by atoms with Crippen LogP contribution in [0.2, 0.25) is 0 Å². The van der Waals surface area contributed by atoms with E-state index in [2.05, 4.69) is 10.3 Å². The van der Waals surface area contributed by atoms with Gasteiger partial charge >= 0.3 is 0 Å². The lowest BCUT2D eigenvalue weighted by Gasteiger charge is -2.19. The van der Waals surface area contributed by atoms with E-state index in [1.54, 1.807) is 36.5 Å². The number of benzene rings is 1. The zero-order valence-corrected chi connectivity index (χ0v) is 15.4. The molecule has 0 bridgehead atoms. The molecule has 6 nitrogen and oxygen atoms in total. The largest absolute Gasteiger partial charge is 0.356 e. The van der Waals surface area contributed by atoms with Gasteiger partial charge in [0.25, 0.3) is 0 Å². The van der Waals surface area contributed by atoms with Crippen molar-refractivity contribution in [2.45, 2.75) is 19.4 Å². The molecule has 1 amide bonds. The Kier molecular flexibility index (Phi) is 7.23. The van der Waals surface area contributed by atoms with E-state index in [0.717, 1.165) is 11.8 Å². The molecule has 1 heterocycles. The van der Waals surface area contributed by atoms with Crippen molar-refractivity contribution in [2.75, 3.05) is 19.3 Å². The molecule has 1 N–H and O–H groups in total. The lowest BCUT2D eigenvalue weighted by Crippen LogP contribution is -2.35. The topological polar surface area (TPSA) is 79.4 Å². The lowest BCUT2D eigenvalue weighted by molar-refractivity contribution is -0.121. The Hall–Kier alpha value is -2.32. The van der Waals surface area contributed by atoms with Gasteiger partial charge in [-0.05, 0) is 36.2 Å². The summed E-state index contributed by atoms with van der Waals surface area (Å²) < 4.78 is 37.9. The van der Waals surface area contributed by atoms with Crippen molar-refractivity contribution in [3.8, 4) is 0 Å².